The summed E-state index contributed by atoms with van der Waals surface area (Å²) in [6, 6.07) is 10.9. The van der Waals surface area contributed by atoms with Crippen molar-refractivity contribution in [2.75, 3.05) is 38.1 Å². The van der Waals surface area contributed by atoms with Crippen LogP contribution in [0, 0.1) is 18.3 Å². The van der Waals surface area contributed by atoms with Crippen molar-refractivity contribution in [1.82, 2.24) is 25.2 Å². The van der Waals surface area contributed by atoms with Gasteiger partial charge in [-0.25, -0.2) is 0 Å². The van der Waals surface area contributed by atoms with Crippen molar-refractivity contribution in [1.29, 1.82) is 5.26 Å². The van der Waals surface area contributed by atoms with Gasteiger partial charge in [0.15, 0.2) is 0 Å². The van der Waals surface area contributed by atoms with Crippen LogP contribution in [0.1, 0.15) is 48.4 Å². The number of H-pyrrole nitrogens is 1. The predicted octanol–water partition coefficient (Wildman–Crippen LogP) is 5.89. The number of hydrogen-bond acceptors (Lipinski definition) is 7. The van der Waals surface area contributed by atoms with Crippen LogP contribution in [0.15, 0.2) is 55.2 Å². The van der Waals surface area contributed by atoms with E-state index in [1.807, 2.05) is 36.5 Å². The van der Waals surface area contributed by atoms with Gasteiger partial charge >= 0.3 is 0 Å². The van der Waals surface area contributed by atoms with Crippen LogP contribution in [0.2, 0.25) is 0 Å². The molecule has 8 nitrogen and oxygen atoms in total. The lowest BCUT2D eigenvalue weighted by Gasteiger charge is -2.32. The third-order valence-corrected chi connectivity index (χ3v) is 7.48. The molecular formula is C32H37N7O. The molecule has 1 aromatic carbocycles. The Hall–Kier alpha value is -4.19. The Morgan fingerprint density at radius 2 is 1.98 bits per heavy atom. The van der Waals surface area contributed by atoms with Gasteiger partial charge in [0.2, 0.25) is 0 Å². The number of fused-ring (bicyclic) bond motifs is 1. The fraction of sp³-hybridized carbons (Fsp3) is 0.344. The van der Waals surface area contributed by atoms with E-state index < -0.39 is 0 Å². The standard InChI is InChI=1S/C32H37N7O/c1-3-13-39-14-9-27(10-15-39)36-12-16-40-28-17-24(19-34-22-28)4-5-25-20-35-21-26(18-33)32(25)38-30-6-7-31-29(23(30)2)8-11-37-31/h4-8,11,17,19-22,27,36-37H,3,9-10,12-16H2,1-2H3,(H,35,38). The number of pyridine rings is 2. The average molecular weight is 536 g/mol. The van der Waals surface area contributed by atoms with Gasteiger partial charge < -0.3 is 25.3 Å². The number of piperidine rings is 1. The number of rotatable bonds is 11. The molecule has 1 fully saturated rings. The number of nitrogens with one attached hydrogen (secondary N) is 3. The second-order valence-electron chi connectivity index (χ2n) is 10.3. The Labute approximate surface area is 236 Å². The fourth-order valence-electron chi connectivity index (χ4n) is 5.28. The molecule has 0 unspecified atom stereocenters. The SMILES string of the molecule is CCCN1CCC(NCCOc2cncc(C=Cc3cncc(C#N)c3Nc3ccc4[nH]ccc4c3C)c2)CC1. The van der Waals surface area contributed by atoms with Crippen molar-refractivity contribution in [3.05, 3.63) is 77.5 Å². The number of aromatic nitrogens is 3. The summed E-state index contributed by atoms with van der Waals surface area (Å²) in [5.41, 5.74) is 6.06. The van der Waals surface area contributed by atoms with Crippen molar-refractivity contribution in [3.63, 3.8) is 0 Å². The monoisotopic (exact) mass is 535 g/mol. The molecule has 0 radical (unpaired) electrons. The van der Waals surface area contributed by atoms with Crippen LogP contribution in [0.5, 0.6) is 5.75 Å². The zero-order valence-corrected chi connectivity index (χ0v) is 23.3. The van der Waals surface area contributed by atoms with Crippen molar-refractivity contribution >= 4 is 34.4 Å². The second kappa shape index (κ2) is 13.2. The smallest absolute Gasteiger partial charge is 0.138 e. The third-order valence-electron chi connectivity index (χ3n) is 7.48. The second-order valence-corrected chi connectivity index (χ2v) is 10.3. The summed E-state index contributed by atoms with van der Waals surface area (Å²) in [5.74, 6) is 0.736. The minimum Gasteiger partial charge on any atom is -0.491 e. The Morgan fingerprint density at radius 1 is 1.12 bits per heavy atom. The van der Waals surface area contributed by atoms with Gasteiger partial charge in [-0.3, -0.25) is 9.97 Å². The van der Waals surface area contributed by atoms with Crippen LogP contribution in [0.25, 0.3) is 23.1 Å². The average Bonchev–Trinajstić information content (AvgIpc) is 3.47. The number of aryl methyl sites for hydroxylation is 1. The van der Waals surface area contributed by atoms with Crippen molar-refractivity contribution in [2.45, 2.75) is 39.2 Å². The highest BCUT2D eigenvalue weighted by molar-refractivity contribution is 5.90. The van der Waals surface area contributed by atoms with E-state index in [9.17, 15) is 5.26 Å². The van der Waals surface area contributed by atoms with Gasteiger partial charge in [-0.1, -0.05) is 19.1 Å². The first kappa shape index (κ1) is 27.4. The number of anilines is 2. The van der Waals surface area contributed by atoms with Gasteiger partial charge in [-0.05, 0) is 81.2 Å². The third kappa shape index (κ3) is 6.68. The van der Waals surface area contributed by atoms with Crippen LogP contribution >= 0.6 is 0 Å². The molecule has 206 valence electrons. The molecule has 0 amide bonds. The molecule has 4 aromatic rings. The number of aromatic amines is 1. The first-order valence-corrected chi connectivity index (χ1v) is 14.1. The Kier molecular flexibility index (Phi) is 9.07. The number of benzene rings is 1. The fourth-order valence-corrected chi connectivity index (χ4v) is 5.28. The van der Waals surface area contributed by atoms with Crippen molar-refractivity contribution in [3.8, 4) is 11.8 Å². The van der Waals surface area contributed by atoms with E-state index in [1.54, 1.807) is 24.8 Å². The van der Waals surface area contributed by atoms with E-state index in [-0.39, 0.29) is 0 Å². The van der Waals surface area contributed by atoms with Crippen molar-refractivity contribution in [2.24, 2.45) is 0 Å². The molecular weight excluding hydrogens is 498 g/mol. The maximum absolute atomic E-state index is 9.78. The molecule has 3 N–H and O–H groups in total. The molecule has 40 heavy (non-hydrogen) atoms. The van der Waals surface area contributed by atoms with E-state index in [0.717, 1.165) is 51.3 Å². The predicted molar refractivity (Wildman–Crippen MR) is 162 cm³/mol. The van der Waals surface area contributed by atoms with Gasteiger partial charge in [0.25, 0.3) is 0 Å². The summed E-state index contributed by atoms with van der Waals surface area (Å²) < 4.78 is 5.99. The highest BCUT2D eigenvalue weighted by Crippen LogP contribution is 2.31. The van der Waals surface area contributed by atoms with E-state index in [2.05, 4.69) is 56.5 Å². The summed E-state index contributed by atoms with van der Waals surface area (Å²) >= 11 is 0. The van der Waals surface area contributed by atoms with Crippen LogP contribution in [-0.2, 0) is 0 Å². The minimum absolute atomic E-state index is 0.481. The Balaban J connectivity index is 1.21. The number of ether oxygens (including phenoxy) is 1. The van der Waals surface area contributed by atoms with Crippen molar-refractivity contribution < 1.29 is 4.74 Å². The van der Waals surface area contributed by atoms with E-state index in [1.165, 1.54) is 38.9 Å². The summed E-state index contributed by atoms with van der Waals surface area (Å²) in [5, 5.41) is 18.0. The molecule has 3 aromatic heterocycles. The van der Waals surface area contributed by atoms with Crippen LogP contribution in [0.3, 0.4) is 0 Å². The number of nitriles is 1. The highest BCUT2D eigenvalue weighted by atomic mass is 16.5. The molecule has 5 rings (SSSR count). The summed E-state index contributed by atoms with van der Waals surface area (Å²) in [6.07, 6.45) is 16.3. The zero-order valence-electron chi connectivity index (χ0n) is 23.3. The maximum Gasteiger partial charge on any atom is 0.138 e. The van der Waals surface area contributed by atoms with Gasteiger partial charge in [0.05, 0.1) is 17.4 Å². The van der Waals surface area contributed by atoms with Crippen LogP contribution in [0.4, 0.5) is 11.4 Å². The number of likely N-dealkylation sites (tertiary alicyclic amines) is 1. The molecule has 4 heterocycles. The molecule has 0 saturated carbocycles. The Morgan fingerprint density at radius 3 is 2.80 bits per heavy atom. The lowest BCUT2D eigenvalue weighted by Crippen LogP contribution is -2.43. The molecule has 1 saturated heterocycles. The van der Waals surface area contributed by atoms with Crippen LogP contribution in [-0.4, -0.2) is 58.7 Å². The van der Waals surface area contributed by atoms with Gasteiger partial charge in [-0.2, -0.15) is 5.26 Å². The quantitative estimate of drug-likeness (QED) is 0.206. The topological polar surface area (TPSA) is 102 Å². The first-order valence-electron chi connectivity index (χ1n) is 14.1. The minimum atomic E-state index is 0.481. The first-order chi connectivity index (χ1) is 19.6. The molecule has 0 spiro atoms. The summed E-state index contributed by atoms with van der Waals surface area (Å²) in [6.45, 7) is 9.28. The van der Waals surface area contributed by atoms with E-state index >= 15 is 0 Å². The van der Waals surface area contributed by atoms with E-state index in [4.69, 9.17) is 4.74 Å². The van der Waals surface area contributed by atoms with Crippen LogP contribution < -0.4 is 15.4 Å². The summed E-state index contributed by atoms with van der Waals surface area (Å²) in [4.78, 5) is 14.4. The highest BCUT2D eigenvalue weighted by Gasteiger charge is 2.17. The molecule has 1 aliphatic heterocycles. The van der Waals surface area contributed by atoms with Gasteiger partial charge in [0.1, 0.15) is 18.4 Å². The van der Waals surface area contributed by atoms with E-state index in [0.29, 0.717) is 18.2 Å². The zero-order chi connectivity index (χ0) is 27.7. The number of hydrogen-bond donors (Lipinski definition) is 3. The van der Waals surface area contributed by atoms with Gasteiger partial charge in [0, 0.05) is 59.5 Å². The number of nitrogens with zero attached hydrogens (tertiary/aromatic N) is 4. The molecule has 8 heteroatoms. The largest absolute Gasteiger partial charge is 0.491 e. The Bertz CT molecular complexity index is 1490. The molecule has 1 aliphatic rings. The normalized spacial score (nSPS) is 14.5. The van der Waals surface area contributed by atoms with Gasteiger partial charge in [-0.15, -0.1) is 0 Å². The summed E-state index contributed by atoms with van der Waals surface area (Å²) in [7, 11) is 0. The molecule has 0 bridgehead atoms. The maximum atomic E-state index is 9.78. The lowest BCUT2D eigenvalue weighted by atomic mass is 10.1. The molecule has 0 atom stereocenters. The molecule has 0 aliphatic carbocycles. The lowest BCUT2D eigenvalue weighted by molar-refractivity contribution is 0.193.